The maximum absolute atomic E-state index is 14.0. The molecule has 6 nitrogen and oxygen atoms in total. The lowest BCUT2D eigenvalue weighted by atomic mass is 9.81. The molecular weight excluding hydrogens is 524 g/mol. The van der Waals surface area contributed by atoms with Crippen molar-refractivity contribution in [3.8, 4) is 16.9 Å². The third kappa shape index (κ3) is 4.09. The fourth-order valence-electron chi connectivity index (χ4n) is 5.79. The predicted molar refractivity (Wildman–Crippen MR) is 127 cm³/mol. The number of aromatic nitrogens is 4. The number of para-hydroxylation sites is 1. The summed E-state index contributed by atoms with van der Waals surface area (Å²) in [4.78, 5) is 15.3. The van der Waals surface area contributed by atoms with Crippen LogP contribution < -0.4 is 0 Å². The SMILES string of the molecule is Cn1nc2c(c1-c1cc(F)c(F)c(F)c1)C[C@@H]1CCC[C@H]2N1C(=O)c1cc(C(F)(F)F)n(-c2ccccc2)n1. The molecule has 12 heteroatoms. The Morgan fingerprint density at radius 3 is 2.33 bits per heavy atom. The Bertz CT molecular complexity index is 1570. The molecule has 2 aliphatic rings. The molecule has 202 valence electrons. The van der Waals surface area contributed by atoms with Crippen LogP contribution in [-0.4, -0.2) is 36.4 Å². The van der Waals surface area contributed by atoms with Crippen molar-refractivity contribution in [2.45, 2.75) is 43.9 Å². The Balaban J connectivity index is 1.41. The molecule has 2 atom stereocenters. The van der Waals surface area contributed by atoms with Crippen LogP contribution in [0.5, 0.6) is 0 Å². The lowest BCUT2D eigenvalue weighted by Crippen LogP contribution is -2.50. The summed E-state index contributed by atoms with van der Waals surface area (Å²) in [7, 11) is 1.58. The van der Waals surface area contributed by atoms with Crippen molar-refractivity contribution in [1.29, 1.82) is 0 Å². The molecule has 2 aromatic carbocycles. The number of fused-ring (bicyclic) bond motifs is 4. The van der Waals surface area contributed by atoms with Crippen LogP contribution in [0.4, 0.5) is 26.3 Å². The van der Waals surface area contributed by atoms with Gasteiger partial charge in [-0.25, -0.2) is 17.9 Å². The number of piperidine rings is 1. The van der Waals surface area contributed by atoms with Gasteiger partial charge in [0.15, 0.2) is 23.1 Å². The van der Waals surface area contributed by atoms with E-state index in [2.05, 4.69) is 10.2 Å². The summed E-state index contributed by atoms with van der Waals surface area (Å²) in [5, 5.41) is 8.61. The van der Waals surface area contributed by atoms with Crippen molar-refractivity contribution in [3.63, 3.8) is 0 Å². The number of aryl methyl sites for hydroxylation is 1. The molecule has 2 bridgehead atoms. The zero-order valence-corrected chi connectivity index (χ0v) is 20.5. The van der Waals surface area contributed by atoms with Gasteiger partial charge < -0.3 is 4.90 Å². The average molecular weight is 545 g/mol. The Morgan fingerprint density at radius 1 is 0.974 bits per heavy atom. The number of amides is 1. The van der Waals surface area contributed by atoms with Crippen molar-refractivity contribution in [2.24, 2.45) is 7.05 Å². The van der Waals surface area contributed by atoms with Crippen LogP contribution in [0.2, 0.25) is 0 Å². The number of carbonyl (C=O) groups excluding carboxylic acids is 1. The molecule has 0 radical (unpaired) electrons. The Kier molecular flexibility index (Phi) is 5.81. The minimum atomic E-state index is -4.75. The molecule has 0 saturated carbocycles. The highest BCUT2D eigenvalue weighted by molar-refractivity contribution is 5.93. The largest absolute Gasteiger partial charge is 0.433 e. The molecule has 39 heavy (non-hydrogen) atoms. The van der Waals surface area contributed by atoms with Gasteiger partial charge in [0, 0.05) is 30.3 Å². The molecule has 0 aliphatic carbocycles. The van der Waals surface area contributed by atoms with E-state index in [1.54, 1.807) is 25.2 Å². The van der Waals surface area contributed by atoms with Crippen LogP contribution in [-0.2, 0) is 19.6 Å². The first kappa shape index (κ1) is 25.2. The van der Waals surface area contributed by atoms with Gasteiger partial charge in [-0.3, -0.25) is 9.48 Å². The van der Waals surface area contributed by atoms with E-state index < -0.39 is 47.3 Å². The van der Waals surface area contributed by atoms with Crippen LogP contribution in [0.15, 0.2) is 48.5 Å². The second kappa shape index (κ2) is 8.99. The van der Waals surface area contributed by atoms with Gasteiger partial charge in [-0.15, -0.1) is 0 Å². The van der Waals surface area contributed by atoms with E-state index in [4.69, 9.17) is 0 Å². The first-order chi connectivity index (χ1) is 18.5. The van der Waals surface area contributed by atoms with Gasteiger partial charge in [-0.05, 0) is 49.9 Å². The third-order valence-corrected chi connectivity index (χ3v) is 7.39. The van der Waals surface area contributed by atoms with E-state index in [1.807, 2.05) is 0 Å². The van der Waals surface area contributed by atoms with Crippen LogP contribution in [0.1, 0.15) is 52.7 Å². The first-order valence-corrected chi connectivity index (χ1v) is 12.3. The molecule has 4 aromatic rings. The van der Waals surface area contributed by atoms with E-state index in [9.17, 15) is 31.1 Å². The predicted octanol–water partition coefficient (Wildman–Crippen LogP) is 6.00. The van der Waals surface area contributed by atoms with Crippen molar-refractivity contribution in [1.82, 2.24) is 24.5 Å². The minimum absolute atomic E-state index is 0.108. The van der Waals surface area contributed by atoms with Crippen LogP contribution in [0, 0.1) is 17.5 Å². The summed E-state index contributed by atoms with van der Waals surface area (Å²) in [5.74, 6) is -4.89. The third-order valence-electron chi connectivity index (χ3n) is 7.39. The van der Waals surface area contributed by atoms with Gasteiger partial charge in [0.1, 0.15) is 5.69 Å². The maximum Gasteiger partial charge on any atom is 0.433 e. The van der Waals surface area contributed by atoms with E-state index >= 15 is 0 Å². The molecule has 2 aliphatic heterocycles. The van der Waals surface area contributed by atoms with Crippen LogP contribution >= 0.6 is 0 Å². The quantitative estimate of drug-likeness (QED) is 0.234. The second-order valence-electron chi connectivity index (χ2n) is 9.77. The summed E-state index contributed by atoms with van der Waals surface area (Å²) in [6.45, 7) is 0. The van der Waals surface area contributed by atoms with Gasteiger partial charge in [-0.2, -0.15) is 23.4 Å². The fraction of sp³-hybridized carbons (Fsp3) is 0.296. The molecule has 1 saturated heterocycles. The van der Waals surface area contributed by atoms with Gasteiger partial charge >= 0.3 is 6.18 Å². The highest BCUT2D eigenvalue weighted by Gasteiger charge is 2.45. The summed E-state index contributed by atoms with van der Waals surface area (Å²) in [6.07, 6.45) is -2.64. The Morgan fingerprint density at radius 2 is 1.67 bits per heavy atom. The van der Waals surface area contributed by atoms with Gasteiger partial charge in [0.05, 0.1) is 23.1 Å². The lowest BCUT2D eigenvalue weighted by molar-refractivity contribution is -0.142. The Hall–Kier alpha value is -4.09. The fourth-order valence-corrected chi connectivity index (χ4v) is 5.79. The topological polar surface area (TPSA) is 56.0 Å². The molecule has 1 fully saturated rings. The van der Waals surface area contributed by atoms with E-state index in [1.165, 1.54) is 21.7 Å². The normalized spacial score (nSPS) is 18.8. The number of hydrogen-bond acceptors (Lipinski definition) is 3. The smallest absolute Gasteiger partial charge is 0.325 e. The van der Waals surface area contributed by atoms with Crippen molar-refractivity contribution in [3.05, 3.63) is 88.6 Å². The van der Waals surface area contributed by atoms with Crippen LogP contribution in [0.3, 0.4) is 0 Å². The molecule has 0 unspecified atom stereocenters. The standard InChI is InChI=1S/C27H21F6N5O/c1-36-25(14-10-18(28)23(30)19(29)11-14)17-12-16-8-5-9-21(24(17)35-36)37(16)26(39)20-13-22(27(31,32)33)38(34-20)15-6-3-2-4-7-15/h2-4,6-7,10-11,13,16,21H,5,8-9,12H2,1H3/t16-,21+/m0/s1. The first-order valence-electron chi connectivity index (χ1n) is 12.3. The number of benzene rings is 2. The second-order valence-corrected chi connectivity index (χ2v) is 9.77. The number of alkyl halides is 3. The van der Waals surface area contributed by atoms with Gasteiger partial charge in [0.2, 0.25) is 0 Å². The number of nitrogens with zero attached hydrogens (tertiary/aromatic N) is 5. The summed E-state index contributed by atoms with van der Waals surface area (Å²) in [5.41, 5.74) is 0.438. The Labute approximate surface area is 218 Å². The van der Waals surface area contributed by atoms with E-state index in [-0.39, 0.29) is 23.4 Å². The molecule has 0 spiro atoms. The summed E-state index contributed by atoms with van der Waals surface area (Å²) >= 11 is 0. The monoisotopic (exact) mass is 545 g/mol. The number of halogens is 6. The maximum atomic E-state index is 14.0. The highest BCUT2D eigenvalue weighted by Crippen LogP contribution is 2.45. The number of hydrogen-bond donors (Lipinski definition) is 0. The molecular formula is C27H21F6N5O. The number of carbonyl (C=O) groups is 1. The van der Waals surface area contributed by atoms with Crippen LogP contribution in [0.25, 0.3) is 16.9 Å². The molecule has 6 rings (SSSR count). The lowest BCUT2D eigenvalue weighted by Gasteiger charge is -2.45. The average Bonchev–Trinajstić information content (AvgIpc) is 3.49. The van der Waals surface area contributed by atoms with E-state index in [0.29, 0.717) is 29.8 Å². The molecule has 4 heterocycles. The molecule has 0 N–H and O–H groups in total. The van der Waals surface area contributed by atoms with Crippen molar-refractivity contribution >= 4 is 5.91 Å². The summed E-state index contributed by atoms with van der Waals surface area (Å²) < 4.78 is 85.5. The van der Waals surface area contributed by atoms with Gasteiger partial charge in [-0.1, -0.05) is 18.2 Å². The molecule has 2 aromatic heterocycles. The van der Waals surface area contributed by atoms with E-state index in [0.717, 1.165) is 29.3 Å². The zero-order valence-electron chi connectivity index (χ0n) is 20.5. The minimum Gasteiger partial charge on any atom is -0.325 e. The van der Waals surface area contributed by atoms with Gasteiger partial charge in [0.25, 0.3) is 5.91 Å². The van der Waals surface area contributed by atoms with Crippen molar-refractivity contribution < 1.29 is 31.1 Å². The number of rotatable bonds is 3. The summed E-state index contributed by atoms with van der Waals surface area (Å²) in [6, 6.07) is 9.35. The zero-order chi connectivity index (χ0) is 27.6. The van der Waals surface area contributed by atoms with Crippen molar-refractivity contribution in [2.75, 3.05) is 0 Å². The highest BCUT2D eigenvalue weighted by atomic mass is 19.4. The molecule has 1 amide bonds.